The van der Waals surface area contributed by atoms with Crippen LogP contribution in [0, 0.1) is 5.41 Å². The van der Waals surface area contributed by atoms with E-state index in [9.17, 15) is 8.42 Å². The van der Waals surface area contributed by atoms with Gasteiger partial charge in [-0.2, -0.15) is 0 Å². The normalized spacial score (nSPS) is 14.6. The molecule has 1 aromatic heterocycles. The van der Waals surface area contributed by atoms with Crippen molar-refractivity contribution in [3.05, 3.63) is 17.7 Å². The molecular weight excluding hydrogens is 262 g/mol. The van der Waals surface area contributed by atoms with E-state index < -0.39 is 10.0 Å². The number of hydrogen-bond donors (Lipinski definition) is 1. The van der Waals surface area contributed by atoms with Crippen LogP contribution in [0.2, 0.25) is 5.28 Å². The first-order valence-corrected chi connectivity index (χ1v) is 6.99. The first kappa shape index (κ1) is 14.3. The summed E-state index contributed by atoms with van der Waals surface area (Å²) in [7, 11) is -3.59. The number of sulfonamides is 1. The Morgan fingerprint density at radius 2 is 1.76 bits per heavy atom. The Bertz CT molecular complexity index is 479. The summed E-state index contributed by atoms with van der Waals surface area (Å²) in [6.07, 6.45) is 2.38. The Labute approximate surface area is 107 Å². The van der Waals surface area contributed by atoms with Crippen molar-refractivity contribution in [1.29, 1.82) is 0 Å². The lowest BCUT2D eigenvalue weighted by molar-refractivity contribution is 0.317. The van der Waals surface area contributed by atoms with Crippen molar-refractivity contribution in [2.75, 3.05) is 0 Å². The van der Waals surface area contributed by atoms with Crippen LogP contribution < -0.4 is 4.72 Å². The molecule has 1 atom stereocenters. The fraction of sp³-hybridized carbons (Fsp3) is 0.600. The van der Waals surface area contributed by atoms with E-state index in [-0.39, 0.29) is 21.6 Å². The summed E-state index contributed by atoms with van der Waals surface area (Å²) in [6.45, 7) is 7.68. The average molecular weight is 278 g/mol. The summed E-state index contributed by atoms with van der Waals surface area (Å²) in [4.78, 5) is 7.31. The molecule has 1 heterocycles. The first-order chi connectivity index (χ1) is 7.63. The molecule has 0 aromatic carbocycles. The molecule has 1 rings (SSSR count). The molecule has 0 aliphatic heterocycles. The highest BCUT2D eigenvalue weighted by Gasteiger charge is 2.26. The van der Waals surface area contributed by atoms with Crippen LogP contribution in [-0.2, 0) is 10.0 Å². The molecule has 0 radical (unpaired) electrons. The molecule has 1 N–H and O–H groups in total. The third-order valence-electron chi connectivity index (χ3n) is 2.54. The molecule has 0 aliphatic rings. The Balaban J connectivity index is 2.94. The van der Waals surface area contributed by atoms with Gasteiger partial charge in [0.2, 0.25) is 15.3 Å². The van der Waals surface area contributed by atoms with Gasteiger partial charge >= 0.3 is 0 Å². The van der Waals surface area contributed by atoms with Gasteiger partial charge in [0.15, 0.2) is 0 Å². The third kappa shape index (κ3) is 3.90. The summed E-state index contributed by atoms with van der Waals surface area (Å²) in [5.74, 6) is 0. The highest BCUT2D eigenvalue weighted by Crippen LogP contribution is 2.20. The molecule has 1 unspecified atom stereocenters. The largest absolute Gasteiger partial charge is 0.243 e. The maximum Gasteiger partial charge on any atom is 0.243 e. The average Bonchev–Trinajstić information content (AvgIpc) is 2.16. The minimum atomic E-state index is -3.59. The zero-order chi connectivity index (χ0) is 13.3. The van der Waals surface area contributed by atoms with Gasteiger partial charge in [-0.25, -0.2) is 23.1 Å². The Morgan fingerprint density at radius 3 is 2.18 bits per heavy atom. The van der Waals surface area contributed by atoms with Crippen molar-refractivity contribution in [3.63, 3.8) is 0 Å². The second-order valence-electron chi connectivity index (χ2n) is 4.90. The SMILES string of the molecule is CC(NS(=O)(=O)c1cnc(Cl)nc1)C(C)(C)C. The molecule has 0 spiro atoms. The summed E-state index contributed by atoms with van der Waals surface area (Å²) in [5, 5.41) is 0.0211. The van der Waals surface area contributed by atoms with E-state index in [0.29, 0.717) is 0 Å². The van der Waals surface area contributed by atoms with Gasteiger partial charge in [-0.15, -0.1) is 0 Å². The molecule has 0 aliphatic carbocycles. The predicted octanol–water partition coefficient (Wildman–Crippen LogP) is 1.84. The van der Waals surface area contributed by atoms with E-state index in [2.05, 4.69) is 14.7 Å². The number of hydrogen-bond acceptors (Lipinski definition) is 4. The summed E-state index contributed by atoms with van der Waals surface area (Å²) in [6, 6.07) is -0.205. The second kappa shape index (κ2) is 4.88. The van der Waals surface area contributed by atoms with E-state index in [0.717, 1.165) is 0 Å². The molecule has 0 amide bonds. The van der Waals surface area contributed by atoms with Gasteiger partial charge < -0.3 is 0 Å². The maximum absolute atomic E-state index is 12.0. The number of halogens is 1. The van der Waals surface area contributed by atoms with Crippen LogP contribution >= 0.6 is 11.6 Å². The van der Waals surface area contributed by atoms with Crippen molar-refractivity contribution < 1.29 is 8.42 Å². The lowest BCUT2D eigenvalue weighted by Gasteiger charge is -2.27. The van der Waals surface area contributed by atoms with Gasteiger partial charge in [0.25, 0.3) is 0 Å². The number of rotatable bonds is 3. The maximum atomic E-state index is 12.0. The quantitative estimate of drug-likeness (QED) is 0.856. The molecule has 0 fully saturated rings. The van der Waals surface area contributed by atoms with E-state index in [4.69, 9.17) is 11.6 Å². The molecule has 96 valence electrons. The molecule has 7 heteroatoms. The van der Waals surface area contributed by atoms with E-state index in [1.807, 2.05) is 27.7 Å². The fourth-order valence-electron chi connectivity index (χ4n) is 0.917. The van der Waals surface area contributed by atoms with E-state index >= 15 is 0 Å². The molecule has 17 heavy (non-hydrogen) atoms. The second-order valence-corrected chi connectivity index (χ2v) is 6.95. The topological polar surface area (TPSA) is 72.0 Å². The lowest BCUT2D eigenvalue weighted by Crippen LogP contribution is -2.41. The smallest absolute Gasteiger partial charge is 0.225 e. The zero-order valence-electron chi connectivity index (χ0n) is 10.2. The summed E-state index contributed by atoms with van der Waals surface area (Å²) in [5.41, 5.74) is -0.166. The standard InChI is InChI=1S/C10H16ClN3O2S/c1-7(10(2,3)4)14-17(15,16)8-5-12-9(11)13-6-8/h5-7,14H,1-4H3. The van der Waals surface area contributed by atoms with Crippen molar-refractivity contribution in [1.82, 2.24) is 14.7 Å². The van der Waals surface area contributed by atoms with Crippen molar-refractivity contribution >= 4 is 21.6 Å². The number of aromatic nitrogens is 2. The number of nitrogens with zero attached hydrogens (tertiary/aromatic N) is 2. The van der Waals surface area contributed by atoms with Gasteiger partial charge in [-0.05, 0) is 23.9 Å². The fourth-order valence-corrected chi connectivity index (χ4v) is 2.35. The van der Waals surface area contributed by atoms with Crippen LogP contribution in [-0.4, -0.2) is 24.4 Å². The Morgan fingerprint density at radius 1 is 1.29 bits per heavy atom. The van der Waals surface area contributed by atoms with Crippen molar-refractivity contribution in [2.24, 2.45) is 5.41 Å². The molecule has 0 bridgehead atoms. The van der Waals surface area contributed by atoms with E-state index in [1.54, 1.807) is 0 Å². The van der Waals surface area contributed by atoms with Crippen LogP contribution in [0.4, 0.5) is 0 Å². The van der Waals surface area contributed by atoms with Crippen LogP contribution in [0.3, 0.4) is 0 Å². The molecular formula is C10H16ClN3O2S. The minimum absolute atomic E-state index is 0.0120. The summed E-state index contributed by atoms with van der Waals surface area (Å²) >= 11 is 5.50. The number of nitrogens with one attached hydrogen (secondary N) is 1. The predicted molar refractivity (Wildman–Crippen MR) is 66.3 cm³/mol. The van der Waals surface area contributed by atoms with Crippen LogP contribution in [0.5, 0.6) is 0 Å². The minimum Gasteiger partial charge on any atom is -0.225 e. The third-order valence-corrected chi connectivity index (χ3v) is 4.23. The van der Waals surface area contributed by atoms with Gasteiger partial charge in [0, 0.05) is 6.04 Å². The molecule has 1 aromatic rings. The van der Waals surface area contributed by atoms with Gasteiger partial charge in [0.1, 0.15) is 4.90 Å². The molecule has 5 nitrogen and oxygen atoms in total. The molecule has 0 saturated carbocycles. The Kier molecular flexibility index (Phi) is 4.11. The lowest BCUT2D eigenvalue weighted by atomic mass is 9.89. The monoisotopic (exact) mass is 277 g/mol. The van der Waals surface area contributed by atoms with Crippen LogP contribution in [0.25, 0.3) is 0 Å². The first-order valence-electron chi connectivity index (χ1n) is 5.13. The van der Waals surface area contributed by atoms with Crippen LogP contribution in [0.15, 0.2) is 17.3 Å². The van der Waals surface area contributed by atoms with Crippen molar-refractivity contribution in [3.8, 4) is 0 Å². The van der Waals surface area contributed by atoms with Gasteiger partial charge in [-0.3, -0.25) is 0 Å². The molecule has 0 saturated heterocycles. The van der Waals surface area contributed by atoms with Crippen LogP contribution in [0.1, 0.15) is 27.7 Å². The van der Waals surface area contributed by atoms with Gasteiger partial charge in [0.05, 0.1) is 12.4 Å². The zero-order valence-corrected chi connectivity index (χ0v) is 11.8. The van der Waals surface area contributed by atoms with Gasteiger partial charge in [-0.1, -0.05) is 20.8 Å². The Hall–Kier alpha value is -0.720. The van der Waals surface area contributed by atoms with Crippen molar-refractivity contribution in [2.45, 2.75) is 38.6 Å². The van der Waals surface area contributed by atoms with E-state index in [1.165, 1.54) is 12.4 Å². The highest BCUT2D eigenvalue weighted by atomic mass is 35.5. The summed E-state index contributed by atoms with van der Waals surface area (Å²) < 4.78 is 26.5. The highest BCUT2D eigenvalue weighted by molar-refractivity contribution is 7.89.